The lowest BCUT2D eigenvalue weighted by molar-refractivity contribution is -0.136. The monoisotopic (exact) mass is 1090 g/mol. The number of aromatic nitrogens is 5. The molecule has 4 aromatic heterocycles. The molecule has 4 amide bonds. The first-order valence-electron chi connectivity index (χ1n) is 22.5. The number of benzene rings is 2. The largest absolute Gasteiger partial charge is 0.477 e. The molecule has 6 aromatic rings. The zero-order valence-corrected chi connectivity index (χ0v) is 45.1. The number of halogens is 1. The second-order valence-electron chi connectivity index (χ2n) is 17.9. The number of carbonyl (C=O) groups excluding carboxylic acids is 4. The maximum absolute atomic E-state index is 16.8. The van der Waals surface area contributed by atoms with Crippen LogP contribution in [0.1, 0.15) is 97.9 Å². The summed E-state index contributed by atoms with van der Waals surface area (Å²) in [5.41, 5.74) is 3.90. The van der Waals surface area contributed by atoms with E-state index in [1.165, 1.54) is 26.4 Å². The number of aromatic amines is 2. The number of aromatic carboxylic acids is 1. The Morgan fingerprint density at radius 3 is 1.81 bits per heavy atom. The first-order valence-corrected chi connectivity index (χ1v) is 23.4. The highest BCUT2D eigenvalue weighted by atomic mass is 32.1. The van der Waals surface area contributed by atoms with Crippen LogP contribution in [0, 0.1) is 17.7 Å². The van der Waals surface area contributed by atoms with Crippen molar-refractivity contribution in [3.05, 3.63) is 88.1 Å². The zero-order chi connectivity index (χ0) is 48.1. The maximum Gasteiger partial charge on any atom is 0.407 e. The van der Waals surface area contributed by atoms with E-state index in [9.17, 15) is 29.1 Å². The number of alkyl carbamates (subject to hydrolysis) is 2. The molecule has 5 atom stereocenters. The number of hydrogen-bond donors (Lipinski definition) is 5. The number of ether oxygens (including phenoxy) is 3. The number of thiophene rings is 1. The van der Waals surface area contributed by atoms with Gasteiger partial charge in [-0.2, -0.15) is 54.0 Å². The van der Waals surface area contributed by atoms with Gasteiger partial charge in [-0.25, -0.2) is 28.7 Å². The lowest BCUT2D eigenvalue weighted by atomic mass is 10.0. The Kier molecular flexibility index (Phi) is 18.5. The lowest BCUT2D eigenvalue weighted by Crippen LogP contribution is -2.51. The summed E-state index contributed by atoms with van der Waals surface area (Å²) < 4.78 is 34.9. The number of nitrogens with one attached hydrogen (secondary N) is 4. The molecule has 0 bridgehead atoms. The average molecular weight is 1090 g/mol. The number of methoxy groups -OCH3 is 2. The minimum absolute atomic E-state index is 0. The highest BCUT2D eigenvalue weighted by molar-refractivity contribution is 7.59. The summed E-state index contributed by atoms with van der Waals surface area (Å²) in [6, 6.07) is 11.7. The van der Waals surface area contributed by atoms with Gasteiger partial charge in [0.2, 0.25) is 18.0 Å². The average Bonchev–Trinajstić information content (AvgIpc) is 4.18. The summed E-state index contributed by atoms with van der Waals surface area (Å²) in [5.74, 6) is -1.11. The summed E-state index contributed by atoms with van der Waals surface area (Å²) >= 11 is 1.07. The summed E-state index contributed by atoms with van der Waals surface area (Å²) in [7, 11) is 2.51. The number of imidazole rings is 2. The van der Waals surface area contributed by atoms with Gasteiger partial charge in [-0.05, 0) is 80.0 Å². The molecule has 2 aromatic carbocycles. The normalized spacial score (nSPS) is 17.5. The molecule has 2 saturated heterocycles. The fourth-order valence-corrected chi connectivity index (χ4v) is 10.4. The smallest absolute Gasteiger partial charge is 0.407 e. The number of rotatable bonds is 12. The van der Waals surface area contributed by atoms with E-state index in [0.717, 1.165) is 35.1 Å². The molecule has 0 radical (unpaired) electrons. The van der Waals surface area contributed by atoms with Gasteiger partial charge in [-0.3, -0.25) is 14.2 Å². The predicted octanol–water partition coefficient (Wildman–Crippen LogP) is 8.47. The Bertz CT molecular complexity index is 2960. The Labute approximate surface area is 446 Å². The van der Waals surface area contributed by atoms with Crippen molar-refractivity contribution in [2.45, 2.75) is 83.8 Å². The van der Waals surface area contributed by atoms with E-state index in [4.69, 9.17) is 19.2 Å². The van der Waals surface area contributed by atoms with Gasteiger partial charge in [0.05, 0.1) is 71.7 Å². The molecule has 3 aliphatic rings. The summed E-state index contributed by atoms with van der Waals surface area (Å²) in [5, 5.41) is 16.0. The number of hydrogen-bond acceptors (Lipinski definition) is 11. The van der Waals surface area contributed by atoms with Gasteiger partial charge in [0.25, 0.3) is 0 Å². The van der Waals surface area contributed by atoms with E-state index < -0.39 is 48.3 Å². The number of nitrogens with zero attached hydrogens (tertiary/aromatic N) is 5. The third-order valence-electron chi connectivity index (χ3n) is 13.0. The van der Waals surface area contributed by atoms with E-state index in [2.05, 4.69) is 25.6 Å². The van der Waals surface area contributed by atoms with Gasteiger partial charge < -0.3 is 49.7 Å². The van der Waals surface area contributed by atoms with Crippen LogP contribution >= 0.6 is 65.3 Å². The molecular formula is C48H60FN9O9S5. The van der Waals surface area contributed by atoms with Crippen LogP contribution in [0.3, 0.4) is 0 Å². The number of carbonyl (C=O) groups is 5. The first-order chi connectivity index (χ1) is 32.6. The van der Waals surface area contributed by atoms with Gasteiger partial charge in [-0.15, -0.1) is 11.3 Å². The molecule has 1 unspecified atom stereocenters. The van der Waals surface area contributed by atoms with E-state index >= 15 is 4.39 Å². The predicted molar refractivity (Wildman–Crippen MR) is 290 cm³/mol. The van der Waals surface area contributed by atoms with Crippen molar-refractivity contribution in [1.82, 2.24) is 44.9 Å². The highest BCUT2D eigenvalue weighted by Gasteiger charge is 2.40. The van der Waals surface area contributed by atoms with Crippen LogP contribution < -0.4 is 15.4 Å². The van der Waals surface area contributed by atoms with Crippen molar-refractivity contribution in [2.24, 2.45) is 11.8 Å². The molecular weight excluding hydrogens is 1030 g/mol. The minimum atomic E-state index is -1.08. The molecule has 388 valence electrons. The van der Waals surface area contributed by atoms with E-state index in [1.54, 1.807) is 34.3 Å². The summed E-state index contributed by atoms with van der Waals surface area (Å²) in [6.45, 7) is 8.40. The highest BCUT2D eigenvalue weighted by Crippen LogP contribution is 2.48. The third kappa shape index (κ3) is 10.8. The van der Waals surface area contributed by atoms with Crippen molar-refractivity contribution in [3.63, 3.8) is 0 Å². The Balaban J connectivity index is 0.00000241. The summed E-state index contributed by atoms with van der Waals surface area (Å²) in [6.07, 6.45) is 3.89. The van der Waals surface area contributed by atoms with Gasteiger partial charge in [0, 0.05) is 29.6 Å². The lowest BCUT2D eigenvalue weighted by Gasteiger charge is -2.30. The molecule has 0 saturated carbocycles. The molecule has 0 aliphatic carbocycles. The molecule has 72 heavy (non-hydrogen) atoms. The number of amides is 4. The molecule has 3 aliphatic heterocycles. The van der Waals surface area contributed by atoms with E-state index in [-0.39, 0.29) is 99.9 Å². The second-order valence-corrected chi connectivity index (χ2v) is 19.1. The molecule has 0 spiro atoms. The molecule has 7 heterocycles. The van der Waals surface area contributed by atoms with Crippen molar-refractivity contribution in [1.29, 1.82) is 0 Å². The fraction of sp³-hybridized carbons (Fsp3) is 0.396. The van der Waals surface area contributed by atoms with Gasteiger partial charge in [-0.1, -0.05) is 33.8 Å². The first kappa shape index (κ1) is 57.1. The summed E-state index contributed by atoms with van der Waals surface area (Å²) in [4.78, 5) is 84.1. The molecule has 2 fully saturated rings. The van der Waals surface area contributed by atoms with Crippen molar-refractivity contribution >= 4 is 106 Å². The standard InChI is InChI=1S/C48H52FN9O9S.4H2S/c1-23(2)39(54-47(63)65-5)43(59)56-15-7-9-32(56)41-50-21-29(52-41)25-11-12-31-27(17-25)19-34-38-28(49)18-26(20-35(38)67-45(58(31)34)36-13-14-37(68-36)46(61)62)30-22-51-42(53-30)33-10-8-16-57(33)44(60)40(24(3)4)55-48(64)66-6;;;;/h11-14,17-24,32-33,39-40,45H,7-10,15-16H2,1-6H3,(H,50,52)(H,51,53)(H,54,63)(H,55,64)(H,61,62);4*1H2/t32-,33-,39-,40-,45?;;;;/m0..../s1. The molecule has 24 heteroatoms. The van der Waals surface area contributed by atoms with Crippen molar-refractivity contribution in [2.75, 3.05) is 27.3 Å². The molecule has 9 rings (SSSR count). The van der Waals surface area contributed by atoms with Gasteiger partial charge >= 0.3 is 18.2 Å². The van der Waals surface area contributed by atoms with Crippen LogP contribution in [0.2, 0.25) is 0 Å². The van der Waals surface area contributed by atoms with Crippen LogP contribution in [0.4, 0.5) is 14.0 Å². The topological polar surface area (TPSA) is 226 Å². The Morgan fingerprint density at radius 1 is 0.764 bits per heavy atom. The van der Waals surface area contributed by atoms with Crippen LogP contribution in [-0.4, -0.2) is 109 Å². The number of likely N-dealkylation sites (tertiary alicyclic amines) is 2. The van der Waals surface area contributed by atoms with Crippen LogP contribution in [-0.2, 0) is 19.1 Å². The number of carboxylic acid groups (broad SMARTS) is 1. The van der Waals surface area contributed by atoms with Crippen LogP contribution in [0.15, 0.2) is 60.9 Å². The van der Waals surface area contributed by atoms with E-state index in [0.29, 0.717) is 70.6 Å². The SMILES string of the molecule is COC(=O)N[C@H](C(=O)N1CCC[C@H]1c1ncc(-c2cc(F)c3c(c2)OC(c2ccc(C(=O)O)s2)n2c-3cc3cc(-c4cnc([C@@H]5CCCN5C(=O)[C@@H](NC(=O)OC)C(C)C)[nH]4)ccc32)[nH]1)C(C)C.S.S.S.S. The van der Waals surface area contributed by atoms with Crippen LogP contribution in [0.25, 0.3) is 44.7 Å². The van der Waals surface area contributed by atoms with Gasteiger partial charge in [0.15, 0.2) is 0 Å². The zero-order valence-electron chi connectivity index (χ0n) is 40.3. The number of fused-ring (bicyclic) bond motifs is 5. The van der Waals surface area contributed by atoms with Crippen molar-refractivity contribution in [3.8, 4) is 39.5 Å². The van der Waals surface area contributed by atoms with Gasteiger partial charge in [0.1, 0.15) is 40.2 Å². The fourth-order valence-electron chi connectivity index (χ4n) is 9.58. The number of carboxylic acids is 1. The number of H-pyrrole nitrogens is 2. The Hall–Kier alpha value is -5.82. The second kappa shape index (κ2) is 23.4. The van der Waals surface area contributed by atoms with Crippen LogP contribution in [0.5, 0.6) is 5.75 Å². The van der Waals surface area contributed by atoms with E-state index in [1.807, 2.05) is 56.5 Å². The molecule has 18 nitrogen and oxygen atoms in total. The quantitative estimate of drug-likeness (QED) is 0.0781. The Morgan fingerprint density at radius 2 is 1.31 bits per heavy atom. The minimum Gasteiger partial charge on any atom is -0.477 e. The third-order valence-corrected chi connectivity index (χ3v) is 14.1. The van der Waals surface area contributed by atoms with Crippen molar-refractivity contribution < 1.29 is 47.7 Å². The maximum atomic E-state index is 16.8. The molecule has 5 N–H and O–H groups in total.